The normalized spacial score (nSPS) is 16.7. The van der Waals surface area contributed by atoms with Crippen molar-refractivity contribution in [3.63, 3.8) is 0 Å². The fourth-order valence-electron chi connectivity index (χ4n) is 2.14. The van der Waals surface area contributed by atoms with Crippen LogP contribution in [0.2, 0.25) is 0 Å². The number of rotatable bonds is 3. The second kappa shape index (κ2) is 5.56. The number of esters is 1. The fourth-order valence-corrected chi connectivity index (χ4v) is 2.14. The van der Waals surface area contributed by atoms with Gasteiger partial charge in [-0.25, -0.2) is 9.59 Å². The van der Waals surface area contributed by atoms with Crippen LogP contribution in [0.3, 0.4) is 0 Å². The number of hydrogen-bond donors (Lipinski definition) is 0. The van der Waals surface area contributed by atoms with Gasteiger partial charge in [-0.1, -0.05) is 36.9 Å². The van der Waals surface area contributed by atoms with Crippen LogP contribution in [-0.2, 0) is 20.8 Å². The first kappa shape index (κ1) is 13.1. The van der Waals surface area contributed by atoms with Crippen LogP contribution in [0.5, 0.6) is 0 Å². The summed E-state index contributed by atoms with van der Waals surface area (Å²) in [5.74, 6) is -0.472. The second-order valence-corrected chi connectivity index (χ2v) is 4.12. The van der Waals surface area contributed by atoms with E-state index in [1.54, 1.807) is 0 Å². The Kier molecular flexibility index (Phi) is 3.85. The molecule has 0 spiro atoms. The third-order valence-electron chi connectivity index (χ3n) is 2.99. The molecule has 0 aromatic heterocycles. The molecule has 2 rings (SSSR count). The van der Waals surface area contributed by atoms with Crippen molar-refractivity contribution in [1.29, 1.82) is 0 Å². The van der Waals surface area contributed by atoms with Crippen LogP contribution in [0.15, 0.2) is 36.9 Å². The number of carbonyl (C=O) groups is 2. The summed E-state index contributed by atoms with van der Waals surface area (Å²) in [6, 6.07) is 6.65. The Morgan fingerprint density at radius 2 is 2.21 bits per heavy atom. The largest absolute Gasteiger partial charge is 0.467 e. The van der Waals surface area contributed by atoms with Crippen molar-refractivity contribution in [2.45, 2.75) is 12.6 Å². The van der Waals surface area contributed by atoms with Crippen molar-refractivity contribution in [2.75, 3.05) is 13.7 Å². The summed E-state index contributed by atoms with van der Waals surface area (Å²) < 4.78 is 9.76. The van der Waals surface area contributed by atoms with Crippen molar-refractivity contribution in [1.82, 2.24) is 4.90 Å². The first-order valence-electron chi connectivity index (χ1n) is 5.89. The van der Waals surface area contributed by atoms with Crippen molar-refractivity contribution >= 4 is 12.1 Å². The van der Waals surface area contributed by atoms with Crippen LogP contribution >= 0.6 is 0 Å². The van der Waals surface area contributed by atoms with Gasteiger partial charge in [-0.2, -0.15) is 0 Å². The molecule has 5 nitrogen and oxygen atoms in total. The Labute approximate surface area is 111 Å². The van der Waals surface area contributed by atoms with E-state index < -0.39 is 18.1 Å². The Balaban J connectivity index is 2.28. The van der Waals surface area contributed by atoms with Gasteiger partial charge in [0.25, 0.3) is 0 Å². The van der Waals surface area contributed by atoms with Gasteiger partial charge < -0.3 is 9.47 Å². The molecule has 1 aromatic rings. The minimum atomic E-state index is -0.737. The summed E-state index contributed by atoms with van der Waals surface area (Å²) in [6.45, 7) is 3.93. The van der Waals surface area contributed by atoms with Crippen molar-refractivity contribution in [2.24, 2.45) is 0 Å². The number of hydrogen-bond acceptors (Lipinski definition) is 4. The lowest BCUT2D eigenvalue weighted by atomic mass is 10.1. The molecular weight excluding hydrogens is 246 g/mol. The molecule has 0 N–H and O–H groups in total. The summed E-state index contributed by atoms with van der Waals surface area (Å²) in [5, 5.41) is 0. The van der Waals surface area contributed by atoms with Gasteiger partial charge in [0, 0.05) is 0 Å². The minimum absolute atomic E-state index is 0.111. The molecule has 0 unspecified atom stereocenters. The van der Waals surface area contributed by atoms with Gasteiger partial charge in [0.1, 0.15) is 6.61 Å². The van der Waals surface area contributed by atoms with Crippen LogP contribution in [0, 0.1) is 0 Å². The molecule has 5 heteroatoms. The predicted octanol–water partition coefficient (Wildman–Crippen LogP) is 2.04. The number of amides is 1. The zero-order chi connectivity index (χ0) is 13.8. The summed E-state index contributed by atoms with van der Waals surface area (Å²) in [7, 11) is 1.30. The van der Waals surface area contributed by atoms with Crippen molar-refractivity contribution in [3.05, 3.63) is 48.0 Å². The van der Waals surface area contributed by atoms with E-state index in [1.807, 2.05) is 24.3 Å². The summed E-state index contributed by atoms with van der Waals surface area (Å²) in [4.78, 5) is 25.2. The SMILES string of the molecule is C=CCOC(=O)N1Cc2ccccc2[C@@H]1C(=O)OC. The molecule has 0 bridgehead atoms. The van der Waals surface area contributed by atoms with E-state index in [9.17, 15) is 9.59 Å². The maximum Gasteiger partial charge on any atom is 0.411 e. The standard InChI is InChI=1S/C14H15NO4/c1-3-8-19-14(17)15-9-10-6-4-5-7-11(10)12(15)13(16)18-2/h3-7,12H,1,8-9H2,2H3/t12-/m1/s1. The van der Waals surface area contributed by atoms with E-state index in [0.29, 0.717) is 6.54 Å². The number of ether oxygens (including phenoxy) is 2. The van der Waals surface area contributed by atoms with Crippen molar-refractivity contribution in [3.8, 4) is 0 Å². The highest BCUT2D eigenvalue weighted by molar-refractivity contribution is 5.84. The first-order valence-corrected chi connectivity index (χ1v) is 5.89. The highest BCUT2D eigenvalue weighted by Gasteiger charge is 2.39. The van der Waals surface area contributed by atoms with Crippen molar-refractivity contribution < 1.29 is 19.1 Å². The van der Waals surface area contributed by atoms with Gasteiger partial charge in [0.2, 0.25) is 0 Å². The molecule has 0 radical (unpaired) electrons. The zero-order valence-corrected chi connectivity index (χ0v) is 10.7. The lowest BCUT2D eigenvalue weighted by molar-refractivity contribution is -0.146. The highest BCUT2D eigenvalue weighted by atomic mass is 16.6. The van der Waals surface area contributed by atoms with E-state index in [2.05, 4.69) is 6.58 Å². The predicted molar refractivity (Wildman–Crippen MR) is 68.3 cm³/mol. The monoisotopic (exact) mass is 261 g/mol. The third-order valence-corrected chi connectivity index (χ3v) is 2.99. The average molecular weight is 261 g/mol. The third kappa shape index (κ3) is 2.45. The Bertz CT molecular complexity index is 512. The molecule has 19 heavy (non-hydrogen) atoms. The zero-order valence-electron chi connectivity index (χ0n) is 10.7. The summed E-state index contributed by atoms with van der Waals surface area (Å²) >= 11 is 0. The fraction of sp³-hybridized carbons (Fsp3) is 0.286. The maximum absolute atomic E-state index is 12.0. The van der Waals surface area contributed by atoms with Gasteiger partial charge in [-0.15, -0.1) is 0 Å². The van der Waals surface area contributed by atoms with Crippen LogP contribution < -0.4 is 0 Å². The molecule has 1 amide bonds. The number of fused-ring (bicyclic) bond motifs is 1. The van der Waals surface area contributed by atoms with Gasteiger partial charge in [0.05, 0.1) is 13.7 Å². The molecule has 0 saturated carbocycles. The van der Waals surface area contributed by atoms with E-state index >= 15 is 0 Å². The molecule has 1 atom stereocenters. The Morgan fingerprint density at radius 3 is 2.89 bits per heavy atom. The Morgan fingerprint density at radius 1 is 1.47 bits per heavy atom. The second-order valence-electron chi connectivity index (χ2n) is 4.12. The molecule has 1 aliphatic rings. The van der Waals surface area contributed by atoms with E-state index in [0.717, 1.165) is 11.1 Å². The van der Waals surface area contributed by atoms with Crippen LogP contribution in [0.4, 0.5) is 4.79 Å². The minimum Gasteiger partial charge on any atom is -0.467 e. The smallest absolute Gasteiger partial charge is 0.411 e. The molecule has 1 aliphatic heterocycles. The maximum atomic E-state index is 12.0. The highest BCUT2D eigenvalue weighted by Crippen LogP contribution is 2.34. The van der Waals surface area contributed by atoms with Gasteiger partial charge in [0.15, 0.2) is 6.04 Å². The summed E-state index contributed by atoms with van der Waals surface area (Å²) in [6.07, 6.45) is 0.931. The molecule has 1 aromatic carbocycles. The van der Waals surface area contributed by atoms with Gasteiger partial charge in [-0.3, -0.25) is 4.90 Å². The average Bonchev–Trinajstić information content (AvgIpc) is 2.83. The molecule has 100 valence electrons. The first-order chi connectivity index (χ1) is 9.19. The molecule has 0 fully saturated rings. The topological polar surface area (TPSA) is 55.8 Å². The number of carbonyl (C=O) groups excluding carboxylic acids is 2. The number of benzene rings is 1. The van der Waals surface area contributed by atoms with E-state index in [4.69, 9.17) is 9.47 Å². The van der Waals surface area contributed by atoms with E-state index in [1.165, 1.54) is 18.1 Å². The molecule has 0 aliphatic carbocycles. The van der Waals surface area contributed by atoms with Gasteiger partial charge in [-0.05, 0) is 11.1 Å². The van der Waals surface area contributed by atoms with Crippen LogP contribution in [0.1, 0.15) is 17.2 Å². The lowest BCUT2D eigenvalue weighted by Gasteiger charge is -2.22. The molecular formula is C14H15NO4. The molecule has 0 saturated heterocycles. The quantitative estimate of drug-likeness (QED) is 0.617. The van der Waals surface area contributed by atoms with Crippen LogP contribution in [0.25, 0.3) is 0 Å². The lowest BCUT2D eigenvalue weighted by Crippen LogP contribution is -2.35. The van der Waals surface area contributed by atoms with E-state index in [-0.39, 0.29) is 6.61 Å². The Hall–Kier alpha value is -2.30. The molecule has 1 heterocycles. The number of nitrogens with zero attached hydrogens (tertiary/aromatic N) is 1. The summed E-state index contributed by atoms with van der Waals surface area (Å²) in [5.41, 5.74) is 1.71. The van der Waals surface area contributed by atoms with Gasteiger partial charge >= 0.3 is 12.1 Å². The number of methoxy groups -OCH3 is 1. The van der Waals surface area contributed by atoms with Crippen LogP contribution in [-0.4, -0.2) is 30.7 Å².